The minimum Gasteiger partial charge on any atom is -0.481 e. The molecule has 0 fully saturated rings. The summed E-state index contributed by atoms with van der Waals surface area (Å²) in [5.74, 6) is -3.57. The lowest BCUT2D eigenvalue weighted by molar-refractivity contribution is -0.145. The van der Waals surface area contributed by atoms with E-state index < -0.39 is 30.3 Å². The van der Waals surface area contributed by atoms with Crippen LogP contribution in [-0.2, 0) is 9.59 Å². The van der Waals surface area contributed by atoms with Crippen LogP contribution < -0.4 is 5.32 Å². The molecule has 0 aliphatic heterocycles. The number of carbonyl (C=O) groups is 3. The Balaban J connectivity index is 2.17. The lowest BCUT2D eigenvalue weighted by Crippen LogP contribution is -2.42. The molecule has 104 valence electrons. The third-order valence-electron chi connectivity index (χ3n) is 2.63. The second-order valence-corrected chi connectivity index (χ2v) is 4.11. The summed E-state index contributed by atoms with van der Waals surface area (Å²) in [5, 5.41) is 20.3. The molecule has 1 aromatic carbocycles. The van der Waals surface area contributed by atoms with Crippen LogP contribution in [0.2, 0.25) is 0 Å². The number of amides is 1. The summed E-state index contributed by atoms with van der Waals surface area (Å²) in [6.45, 7) is 0. The third-order valence-corrected chi connectivity index (χ3v) is 2.63. The van der Waals surface area contributed by atoms with Gasteiger partial charge >= 0.3 is 11.9 Å². The highest BCUT2D eigenvalue weighted by Gasteiger charge is 2.24. The van der Waals surface area contributed by atoms with Crippen molar-refractivity contribution in [1.82, 2.24) is 5.32 Å². The molecule has 7 heteroatoms. The predicted octanol–water partition coefficient (Wildman–Crippen LogP) is 1.09. The van der Waals surface area contributed by atoms with Gasteiger partial charge in [0.25, 0.3) is 5.91 Å². The maximum atomic E-state index is 11.8. The van der Waals surface area contributed by atoms with Crippen LogP contribution in [0.3, 0.4) is 0 Å². The van der Waals surface area contributed by atoms with Gasteiger partial charge in [-0.1, -0.05) is 18.2 Å². The van der Waals surface area contributed by atoms with Crippen molar-refractivity contribution < 1.29 is 29.0 Å². The number of aliphatic carboxylic acids is 2. The Kier molecular flexibility index (Phi) is 3.69. The van der Waals surface area contributed by atoms with Gasteiger partial charge in [-0.25, -0.2) is 4.79 Å². The molecular weight excluding hydrogens is 266 g/mol. The molecule has 3 N–H and O–H groups in total. The predicted molar refractivity (Wildman–Crippen MR) is 67.4 cm³/mol. The number of nitrogens with one attached hydrogen (secondary N) is 1. The molecule has 20 heavy (non-hydrogen) atoms. The van der Waals surface area contributed by atoms with Gasteiger partial charge in [0.1, 0.15) is 11.6 Å². The van der Waals surface area contributed by atoms with Crippen LogP contribution in [0.4, 0.5) is 0 Å². The Morgan fingerprint density at radius 2 is 1.90 bits per heavy atom. The van der Waals surface area contributed by atoms with Crippen LogP contribution in [-0.4, -0.2) is 34.1 Å². The van der Waals surface area contributed by atoms with Crippen LogP contribution in [0, 0.1) is 0 Å². The normalized spacial score (nSPS) is 12.0. The lowest BCUT2D eigenvalue weighted by atomic mass is 10.2. The quantitative estimate of drug-likeness (QED) is 0.753. The number of hydrogen-bond acceptors (Lipinski definition) is 4. The standard InChI is InChI=1S/C13H11NO6/c15-11(16)6-8(13(18)19)14-12(17)10-5-7-3-1-2-4-9(7)20-10/h1-5,8H,6H2,(H,14,17)(H,15,16)(H,18,19). The van der Waals surface area contributed by atoms with Gasteiger partial charge in [-0.2, -0.15) is 0 Å². The van der Waals surface area contributed by atoms with Gasteiger partial charge in [0, 0.05) is 5.39 Å². The van der Waals surface area contributed by atoms with Gasteiger partial charge < -0.3 is 19.9 Å². The van der Waals surface area contributed by atoms with Crippen LogP contribution in [0.25, 0.3) is 11.0 Å². The highest BCUT2D eigenvalue weighted by atomic mass is 16.4. The average Bonchev–Trinajstić information content (AvgIpc) is 2.81. The van der Waals surface area contributed by atoms with E-state index in [0.717, 1.165) is 0 Å². The van der Waals surface area contributed by atoms with E-state index in [-0.39, 0.29) is 5.76 Å². The van der Waals surface area contributed by atoms with Crippen LogP contribution in [0.5, 0.6) is 0 Å². The number of fused-ring (bicyclic) bond motifs is 1. The first-order valence-electron chi connectivity index (χ1n) is 5.71. The van der Waals surface area contributed by atoms with E-state index in [1.54, 1.807) is 24.3 Å². The minimum absolute atomic E-state index is 0.0668. The maximum Gasteiger partial charge on any atom is 0.326 e. The van der Waals surface area contributed by atoms with E-state index in [1.165, 1.54) is 6.07 Å². The van der Waals surface area contributed by atoms with Crippen LogP contribution in [0.1, 0.15) is 17.0 Å². The fraction of sp³-hybridized carbons (Fsp3) is 0.154. The van der Waals surface area contributed by atoms with Gasteiger partial charge in [0.15, 0.2) is 5.76 Å². The topological polar surface area (TPSA) is 117 Å². The molecule has 1 heterocycles. The molecule has 0 aliphatic carbocycles. The average molecular weight is 277 g/mol. The Morgan fingerprint density at radius 3 is 2.50 bits per heavy atom. The Bertz CT molecular complexity index is 641. The zero-order valence-electron chi connectivity index (χ0n) is 10.2. The zero-order valence-corrected chi connectivity index (χ0v) is 10.2. The maximum absolute atomic E-state index is 11.8. The number of rotatable bonds is 5. The number of furan rings is 1. The van der Waals surface area contributed by atoms with Crippen molar-refractivity contribution in [2.45, 2.75) is 12.5 Å². The van der Waals surface area contributed by atoms with E-state index in [9.17, 15) is 14.4 Å². The van der Waals surface area contributed by atoms with Crippen molar-refractivity contribution >= 4 is 28.8 Å². The van der Waals surface area contributed by atoms with E-state index in [0.29, 0.717) is 11.0 Å². The molecule has 0 saturated carbocycles. The number of carboxylic acid groups (broad SMARTS) is 2. The van der Waals surface area contributed by atoms with Crippen molar-refractivity contribution in [3.8, 4) is 0 Å². The smallest absolute Gasteiger partial charge is 0.326 e. The van der Waals surface area contributed by atoms with Crippen molar-refractivity contribution in [1.29, 1.82) is 0 Å². The largest absolute Gasteiger partial charge is 0.481 e. The Labute approximate surface area is 112 Å². The number of benzene rings is 1. The van der Waals surface area contributed by atoms with Crippen LogP contribution in [0.15, 0.2) is 34.7 Å². The fourth-order valence-electron chi connectivity index (χ4n) is 1.70. The van der Waals surface area contributed by atoms with E-state index >= 15 is 0 Å². The molecule has 0 radical (unpaired) electrons. The van der Waals surface area contributed by atoms with E-state index in [2.05, 4.69) is 5.32 Å². The molecule has 0 bridgehead atoms. The molecule has 7 nitrogen and oxygen atoms in total. The molecule has 1 unspecified atom stereocenters. The SMILES string of the molecule is O=C(O)CC(NC(=O)c1cc2ccccc2o1)C(=O)O. The minimum atomic E-state index is -1.51. The summed E-state index contributed by atoms with van der Waals surface area (Å²) in [6, 6.07) is 6.86. The Morgan fingerprint density at radius 1 is 1.20 bits per heavy atom. The number of para-hydroxylation sites is 1. The summed E-state index contributed by atoms with van der Waals surface area (Å²) >= 11 is 0. The summed E-state index contributed by atoms with van der Waals surface area (Å²) in [7, 11) is 0. The first kappa shape index (κ1) is 13.6. The van der Waals surface area contributed by atoms with Crippen molar-refractivity contribution in [2.75, 3.05) is 0 Å². The fourth-order valence-corrected chi connectivity index (χ4v) is 1.70. The van der Waals surface area contributed by atoms with Crippen molar-refractivity contribution in [3.63, 3.8) is 0 Å². The van der Waals surface area contributed by atoms with Gasteiger partial charge in [-0.15, -0.1) is 0 Å². The molecule has 2 aromatic rings. The number of carboxylic acids is 2. The highest BCUT2D eigenvalue weighted by Crippen LogP contribution is 2.18. The van der Waals surface area contributed by atoms with Gasteiger partial charge in [-0.05, 0) is 12.1 Å². The molecular formula is C13H11NO6. The number of carbonyl (C=O) groups excluding carboxylic acids is 1. The molecule has 0 spiro atoms. The first-order valence-corrected chi connectivity index (χ1v) is 5.71. The monoisotopic (exact) mass is 277 g/mol. The molecule has 1 amide bonds. The summed E-state index contributed by atoms with van der Waals surface area (Å²) in [5.41, 5.74) is 0.489. The summed E-state index contributed by atoms with van der Waals surface area (Å²) in [6.07, 6.45) is -0.707. The van der Waals surface area contributed by atoms with Crippen LogP contribution >= 0.6 is 0 Å². The first-order chi connectivity index (χ1) is 9.47. The molecule has 1 atom stereocenters. The molecule has 0 aliphatic rings. The third kappa shape index (κ3) is 2.94. The van der Waals surface area contributed by atoms with Gasteiger partial charge in [0.05, 0.1) is 6.42 Å². The van der Waals surface area contributed by atoms with Gasteiger partial charge in [-0.3, -0.25) is 9.59 Å². The lowest BCUT2D eigenvalue weighted by Gasteiger charge is -2.10. The molecule has 2 rings (SSSR count). The Hall–Kier alpha value is -2.83. The van der Waals surface area contributed by atoms with Crippen molar-refractivity contribution in [3.05, 3.63) is 36.1 Å². The summed E-state index contributed by atoms with van der Waals surface area (Å²) in [4.78, 5) is 33.2. The van der Waals surface area contributed by atoms with Gasteiger partial charge in [0.2, 0.25) is 0 Å². The second kappa shape index (κ2) is 5.43. The summed E-state index contributed by atoms with van der Waals surface area (Å²) < 4.78 is 5.26. The second-order valence-electron chi connectivity index (χ2n) is 4.11. The van der Waals surface area contributed by atoms with E-state index in [4.69, 9.17) is 14.6 Å². The molecule has 1 aromatic heterocycles. The molecule has 0 saturated heterocycles. The zero-order chi connectivity index (χ0) is 14.7. The number of hydrogen-bond donors (Lipinski definition) is 3. The van der Waals surface area contributed by atoms with E-state index in [1.807, 2.05) is 0 Å². The van der Waals surface area contributed by atoms with Crippen molar-refractivity contribution in [2.24, 2.45) is 0 Å². The highest BCUT2D eigenvalue weighted by molar-refractivity contribution is 5.98.